The average Bonchev–Trinajstić information content (AvgIpc) is 3.86. The Labute approximate surface area is 335 Å². The largest absolute Gasteiger partial charge is 0.455 e. The quantitative estimate of drug-likeness (QED) is 0.162. The van der Waals surface area contributed by atoms with E-state index in [0.29, 0.717) is 0 Å². The molecule has 0 aliphatic heterocycles. The van der Waals surface area contributed by atoms with Crippen LogP contribution in [0, 0.1) is 0 Å². The Morgan fingerprint density at radius 3 is 1.60 bits per heavy atom. The van der Waals surface area contributed by atoms with Crippen molar-refractivity contribution in [1.82, 2.24) is 0 Å². The van der Waals surface area contributed by atoms with Crippen LogP contribution in [0.4, 0.5) is 17.1 Å². The molecule has 0 N–H and O–H groups in total. The highest BCUT2D eigenvalue weighted by Crippen LogP contribution is 2.46. The Bertz CT molecular complexity index is 3230. The Kier molecular flexibility index (Phi) is 8.04. The van der Waals surface area contributed by atoms with Gasteiger partial charge >= 0.3 is 0 Å². The third-order valence-corrected chi connectivity index (χ3v) is 12.2. The zero-order chi connectivity index (χ0) is 37.7. The van der Waals surface area contributed by atoms with Gasteiger partial charge in [0.25, 0.3) is 0 Å². The zero-order valence-electron chi connectivity index (χ0n) is 31.0. The van der Waals surface area contributed by atoms with Gasteiger partial charge in [0.15, 0.2) is 0 Å². The minimum absolute atomic E-state index is 0.893. The first-order valence-electron chi connectivity index (χ1n) is 19.3. The summed E-state index contributed by atoms with van der Waals surface area (Å²) in [5.74, 6) is 0. The van der Waals surface area contributed by atoms with Gasteiger partial charge in [-0.1, -0.05) is 164 Å². The Morgan fingerprint density at radius 1 is 0.316 bits per heavy atom. The predicted octanol–water partition coefficient (Wildman–Crippen LogP) is 16.1. The molecule has 57 heavy (non-hydrogen) atoms. The molecule has 0 radical (unpaired) electrons. The summed E-state index contributed by atoms with van der Waals surface area (Å²) in [4.78, 5) is 2.40. The van der Waals surface area contributed by atoms with Crippen LogP contribution < -0.4 is 4.90 Å². The van der Waals surface area contributed by atoms with E-state index in [4.69, 9.17) is 4.42 Å². The summed E-state index contributed by atoms with van der Waals surface area (Å²) in [6.45, 7) is 0. The maximum absolute atomic E-state index is 6.66. The SMILES string of the molecule is c1ccc(-c2ccccc2-c2ccc(N(c3ccc(-c4ccccc4)c(-c4cccc5c4oc4ccccc45)c3)c3ccc4c(c3)sc3ccccc34)cc2)cc1. The summed E-state index contributed by atoms with van der Waals surface area (Å²) in [6.07, 6.45) is 0. The number of para-hydroxylation sites is 2. The molecule has 0 aliphatic rings. The van der Waals surface area contributed by atoms with Crippen molar-refractivity contribution in [2.75, 3.05) is 4.90 Å². The second kappa shape index (κ2) is 13.8. The summed E-state index contributed by atoms with van der Waals surface area (Å²) in [7, 11) is 0. The van der Waals surface area contributed by atoms with Crippen LogP contribution in [0.25, 0.3) is 86.6 Å². The molecule has 0 spiro atoms. The Morgan fingerprint density at radius 2 is 0.842 bits per heavy atom. The molecule has 268 valence electrons. The smallest absolute Gasteiger partial charge is 0.143 e. The molecular weight excluding hydrogens is 711 g/mol. The van der Waals surface area contributed by atoms with Crippen LogP contribution in [-0.4, -0.2) is 0 Å². The fourth-order valence-corrected chi connectivity index (χ4v) is 9.56. The van der Waals surface area contributed by atoms with Crippen molar-refractivity contribution in [3.05, 3.63) is 212 Å². The van der Waals surface area contributed by atoms with Gasteiger partial charge in [-0.25, -0.2) is 0 Å². The number of rotatable bonds is 7. The summed E-state index contributed by atoms with van der Waals surface area (Å²) < 4.78 is 9.22. The average molecular weight is 746 g/mol. The molecule has 3 heteroatoms. The van der Waals surface area contributed by atoms with E-state index in [0.717, 1.165) is 61.3 Å². The minimum atomic E-state index is 0.893. The number of thiophene rings is 1. The van der Waals surface area contributed by atoms with Crippen molar-refractivity contribution in [3.8, 4) is 44.5 Å². The number of furan rings is 1. The van der Waals surface area contributed by atoms with E-state index in [2.05, 4.69) is 211 Å². The Hall–Kier alpha value is -7.20. The van der Waals surface area contributed by atoms with Gasteiger partial charge in [-0.15, -0.1) is 11.3 Å². The topological polar surface area (TPSA) is 16.4 Å². The number of benzene rings is 9. The first kappa shape index (κ1) is 33.2. The molecule has 11 rings (SSSR count). The minimum Gasteiger partial charge on any atom is -0.455 e. The van der Waals surface area contributed by atoms with Gasteiger partial charge in [-0.3, -0.25) is 0 Å². The molecule has 11 aromatic rings. The normalized spacial score (nSPS) is 11.5. The molecule has 2 heterocycles. The van der Waals surface area contributed by atoms with Gasteiger partial charge in [0.05, 0.1) is 0 Å². The molecule has 0 bridgehead atoms. The molecule has 2 nitrogen and oxygen atoms in total. The van der Waals surface area contributed by atoms with Crippen molar-refractivity contribution >= 4 is 70.5 Å². The van der Waals surface area contributed by atoms with Crippen LogP contribution in [0.15, 0.2) is 217 Å². The van der Waals surface area contributed by atoms with Crippen molar-refractivity contribution in [2.45, 2.75) is 0 Å². The monoisotopic (exact) mass is 745 g/mol. The van der Waals surface area contributed by atoms with Crippen LogP contribution in [0.1, 0.15) is 0 Å². The first-order chi connectivity index (χ1) is 28.3. The predicted molar refractivity (Wildman–Crippen MR) is 243 cm³/mol. The maximum atomic E-state index is 6.66. The molecular formula is C54H35NOS. The highest BCUT2D eigenvalue weighted by molar-refractivity contribution is 7.25. The maximum Gasteiger partial charge on any atom is 0.143 e. The lowest BCUT2D eigenvalue weighted by atomic mass is 9.92. The van der Waals surface area contributed by atoms with Gasteiger partial charge in [0.2, 0.25) is 0 Å². The standard InChI is InChI=1S/C54H35NOS/c1-3-14-36(15-4-1)42-18-7-8-19-43(42)38-26-28-39(29-27-38)55(41-31-33-47-46-21-10-12-25-52(46)57-53(47)35-41)40-30-32-44(37-16-5-2-6-17-37)50(34-40)49-23-13-22-48-45-20-9-11-24-51(45)56-54(48)49/h1-35H. The first-order valence-corrected chi connectivity index (χ1v) is 20.1. The number of hydrogen-bond donors (Lipinski definition) is 0. The summed E-state index contributed by atoms with van der Waals surface area (Å²) in [6, 6.07) is 76.4. The second-order valence-corrected chi connectivity index (χ2v) is 15.5. The van der Waals surface area contributed by atoms with E-state index in [1.165, 1.54) is 42.4 Å². The van der Waals surface area contributed by atoms with E-state index in [-0.39, 0.29) is 0 Å². The molecule has 0 saturated heterocycles. The molecule has 0 aliphatic carbocycles. The molecule has 0 amide bonds. The highest BCUT2D eigenvalue weighted by atomic mass is 32.1. The van der Waals surface area contributed by atoms with Gasteiger partial charge in [-0.2, -0.15) is 0 Å². The van der Waals surface area contributed by atoms with Crippen molar-refractivity contribution in [1.29, 1.82) is 0 Å². The van der Waals surface area contributed by atoms with Gasteiger partial charge in [-0.05, 0) is 87.5 Å². The van der Waals surface area contributed by atoms with Crippen LogP contribution in [0.2, 0.25) is 0 Å². The van der Waals surface area contributed by atoms with Crippen LogP contribution in [0.3, 0.4) is 0 Å². The van der Waals surface area contributed by atoms with Crippen molar-refractivity contribution in [2.24, 2.45) is 0 Å². The number of anilines is 3. The summed E-state index contributed by atoms with van der Waals surface area (Å²) in [5, 5.41) is 4.82. The third kappa shape index (κ3) is 5.80. The molecule has 0 saturated carbocycles. The molecule has 0 atom stereocenters. The summed E-state index contributed by atoms with van der Waals surface area (Å²) in [5.41, 5.74) is 14.3. The second-order valence-electron chi connectivity index (χ2n) is 14.4. The number of hydrogen-bond acceptors (Lipinski definition) is 3. The third-order valence-electron chi connectivity index (χ3n) is 11.1. The Balaban J connectivity index is 1.12. The van der Waals surface area contributed by atoms with Crippen molar-refractivity contribution < 1.29 is 4.42 Å². The lowest BCUT2D eigenvalue weighted by Gasteiger charge is -2.27. The van der Waals surface area contributed by atoms with E-state index < -0.39 is 0 Å². The zero-order valence-corrected chi connectivity index (χ0v) is 31.8. The fraction of sp³-hybridized carbons (Fsp3) is 0. The molecule has 0 fully saturated rings. The number of nitrogens with zero attached hydrogens (tertiary/aromatic N) is 1. The lowest BCUT2D eigenvalue weighted by molar-refractivity contribution is 0.670. The van der Waals surface area contributed by atoms with E-state index in [9.17, 15) is 0 Å². The number of fused-ring (bicyclic) bond motifs is 6. The van der Waals surface area contributed by atoms with Crippen LogP contribution in [0.5, 0.6) is 0 Å². The van der Waals surface area contributed by atoms with E-state index in [1.54, 1.807) is 0 Å². The highest BCUT2D eigenvalue weighted by Gasteiger charge is 2.21. The van der Waals surface area contributed by atoms with Gasteiger partial charge in [0.1, 0.15) is 11.2 Å². The van der Waals surface area contributed by atoms with E-state index in [1.807, 2.05) is 17.4 Å². The van der Waals surface area contributed by atoms with Gasteiger partial charge < -0.3 is 9.32 Å². The van der Waals surface area contributed by atoms with Crippen molar-refractivity contribution in [3.63, 3.8) is 0 Å². The van der Waals surface area contributed by atoms with Crippen LogP contribution >= 0.6 is 11.3 Å². The molecule has 0 unspecified atom stereocenters. The van der Waals surface area contributed by atoms with Crippen LogP contribution in [-0.2, 0) is 0 Å². The van der Waals surface area contributed by atoms with E-state index >= 15 is 0 Å². The lowest BCUT2D eigenvalue weighted by Crippen LogP contribution is -2.10. The summed E-state index contributed by atoms with van der Waals surface area (Å²) >= 11 is 1.85. The van der Waals surface area contributed by atoms with Gasteiger partial charge in [0, 0.05) is 53.6 Å². The molecule has 9 aromatic carbocycles. The fourth-order valence-electron chi connectivity index (χ4n) is 8.42. The molecule has 2 aromatic heterocycles.